The van der Waals surface area contributed by atoms with Crippen LogP contribution in [-0.2, 0) is 4.79 Å². The van der Waals surface area contributed by atoms with E-state index in [0.717, 1.165) is 16.8 Å². The van der Waals surface area contributed by atoms with Gasteiger partial charge in [-0.2, -0.15) is 0 Å². The third-order valence-electron chi connectivity index (χ3n) is 2.79. The minimum atomic E-state index is -0.309. The summed E-state index contributed by atoms with van der Waals surface area (Å²) >= 11 is 1.19. The summed E-state index contributed by atoms with van der Waals surface area (Å²) in [5, 5.41) is 10.8. The Labute approximate surface area is 127 Å². The topological polar surface area (TPSA) is 94.0 Å². The van der Waals surface area contributed by atoms with Crippen molar-refractivity contribution in [3.8, 4) is 0 Å². The van der Waals surface area contributed by atoms with Crippen molar-refractivity contribution in [2.75, 3.05) is 11.1 Å². The van der Waals surface area contributed by atoms with Crippen LogP contribution in [0.15, 0.2) is 27.8 Å². The van der Waals surface area contributed by atoms with Gasteiger partial charge in [-0.05, 0) is 32.4 Å². The zero-order valence-electron chi connectivity index (χ0n) is 12.2. The van der Waals surface area contributed by atoms with Gasteiger partial charge < -0.3 is 15.5 Å². The Bertz CT molecular complexity index is 640. The van der Waals surface area contributed by atoms with Crippen molar-refractivity contribution in [3.05, 3.63) is 35.2 Å². The molecule has 21 heavy (non-hydrogen) atoms. The summed E-state index contributed by atoms with van der Waals surface area (Å²) in [7, 11) is 0. The van der Waals surface area contributed by atoms with Gasteiger partial charge in [0.1, 0.15) is 0 Å². The highest BCUT2D eigenvalue weighted by Crippen LogP contribution is 2.20. The maximum Gasteiger partial charge on any atom is 0.277 e. The maximum atomic E-state index is 11.9. The number of hydrogen-bond acceptors (Lipinski definition) is 6. The molecular formula is C14H18N4O2S. The van der Waals surface area contributed by atoms with E-state index < -0.39 is 0 Å². The Hall–Kier alpha value is -1.86. The second-order valence-electron chi connectivity index (χ2n) is 4.85. The number of aryl methyl sites for hydroxylation is 2. The molecule has 0 fully saturated rings. The standard InChI is InChI=1S/C14H18N4O2S/c1-8-4-5-11(9(2)6-8)16-12(19)7-21-14-18-17-13(20-14)10(3)15/h4-6,10H,7,15H2,1-3H3,(H,16,19). The highest BCUT2D eigenvalue weighted by atomic mass is 32.2. The fourth-order valence-corrected chi connectivity index (χ4v) is 2.30. The third-order valence-corrected chi connectivity index (χ3v) is 3.61. The average molecular weight is 306 g/mol. The Balaban J connectivity index is 1.89. The van der Waals surface area contributed by atoms with Gasteiger partial charge in [0.2, 0.25) is 11.8 Å². The van der Waals surface area contributed by atoms with Crippen LogP contribution < -0.4 is 11.1 Å². The van der Waals surface area contributed by atoms with Gasteiger partial charge in [-0.3, -0.25) is 4.79 Å². The first-order chi connectivity index (χ1) is 9.95. The van der Waals surface area contributed by atoms with Crippen molar-refractivity contribution in [2.24, 2.45) is 5.73 Å². The molecule has 0 aliphatic heterocycles. The zero-order chi connectivity index (χ0) is 15.4. The number of benzene rings is 1. The van der Waals surface area contributed by atoms with Crippen LogP contribution in [0.4, 0.5) is 5.69 Å². The minimum Gasteiger partial charge on any atom is -0.414 e. The van der Waals surface area contributed by atoms with E-state index in [1.807, 2.05) is 32.0 Å². The van der Waals surface area contributed by atoms with Crippen LogP contribution in [0, 0.1) is 13.8 Å². The summed E-state index contributed by atoms with van der Waals surface area (Å²) in [4.78, 5) is 11.9. The Morgan fingerprint density at radius 2 is 2.19 bits per heavy atom. The second kappa shape index (κ2) is 6.73. The van der Waals surface area contributed by atoms with Crippen LogP contribution in [0.3, 0.4) is 0 Å². The molecule has 0 radical (unpaired) electrons. The molecule has 1 amide bonds. The lowest BCUT2D eigenvalue weighted by atomic mass is 10.1. The van der Waals surface area contributed by atoms with Crippen molar-refractivity contribution in [2.45, 2.75) is 32.0 Å². The van der Waals surface area contributed by atoms with Gasteiger partial charge in [-0.25, -0.2) is 0 Å². The number of aromatic nitrogens is 2. The van der Waals surface area contributed by atoms with Crippen LogP contribution in [0.25, 0.3) is 0 Å². The first kappa shape index (κ1) is 15.5. The number of rotatable bonds is 5. The summed E-state index contributed by atoms with van der Waals surface area (Å²) in [6.45, 7) is 5.73. The van der Waals surface area contributed by atoms with Crippen molar-refractivity contribution in [1.82, 2.24) is 10.2 Å². The molecule has 1 heterocycles. The van der Waals surface area contributed by atoms with Gasteiger partial charge in [0.05, 0.1) is 11.8 Å². The van der Waals surface area contributed by atoms with E-state index in [0.29, 0.717) is 11.1 Å². The molecule has 0 saturated carbocycles. The molecule has 1 unspecified atom stereocenters. The number of amides is 1. The predicted octanol–water partition coefficient (Wildman–Crippen LogP) is 2.44. The Morgan fingerprint density at radius 3 is 2.81 bits per heavy atom. The molecule has 2 rings (SSSR count). The van der Waals surface area contributed by atoms with Crippen LogP contribution in [0.2, 0.25) is 0 Å². The number of anilines is 1. The molecule has 3 N–H and O–H groups in total. The minimum absolute atomic E-state index is 0.118. The number of carbonyl (C=O) groups is 1. The molecule has 112 valence electrons. The van der Waals surface area contributed by atoms with E-state index in [9.17, 15) is 4.79 Å². The van der Waals surface area contributed by atoms with Gasteiger partial charge in [-0.15, -0.1) is 10.2 Å². The molecule has 1 aromatic heterocycles. The molecule has 0 bridgehead atoms. The van der Waals surface area contributed by atoms with Gasteiger partial charge in [-0.1, -0.05) is 29.5 Å². The monoisotopic (exact) mass is 306 g/mol. The van der Waals surface area contributed by atoms with E-state index in [-0.39, 0.29) is 17.7 Å². The molecule has 7 heteroatoms. The molecule has 0 aliphatic rings. The Kier molecular flexibility index (Phi) is 4.98. The van der Waals surface area contributed by atoms with Crippen LogP contribution >= 0.6 is 11.8 Å². The molecule has 0 spiro atoms. The fourth-order valence-electron chi connectivity index (χ4n) is 1.73. The summed E-state index contributed by atoms with van der Waals surface area (Å²) in [5.41, 5.74) is 8.64. The second-order valence-corrected chi connectivity index (χ2v) is 5.78. The number of nitrogens with zero attached hydrogens (tertiary/aromatic N) is 2. The van der Waals surface area contributed by atoms with Gasteiger partial charge in [0, 0.05) is 5.69 Å². The van der Waals surface area contributed by atoms with Crippen molar-refractivity contribution >= 4 is 23.4 Å². The van der Waals surface area contributed by atoms with E-state index in [2.05, 4.69) is 15.5 Å². The number of hydrogen-bond donors (Lipinski definition) is 2. The number of thioether (sulfide) groups is 1. The highest BCUT2D eigenvalue weighted by molar-refractivity contribution is 7.99. The average Bonchev–Trinajstić information content (AvgIpc) is 2.89. The first-order valence-electron chi connectivity index (χ1n) is 6.54. The molecular weight excluding hydrogens is 288 g/mol. The zero-order valence-corrected chi connectivity index (χ0v) is 13.0. The van der Waals surface area contributed by atoms with E-state index in [1.54, 1.807) is 6.92 Å². The SMILES string of the molecule is Cc1ccc(NC(=O)CSc2nnc(C(C)N)o2)c(C)c1. The smallest absolute Gasteiger partial charge is 0.277 e. The highest BCUT2D eigenvalue weighted by Gasteiger charge is 2.12. The van der Waals surface area contributed by atoms with E-state index >= 15 is 0 Å². The molecule has 1 atom stereocenters. The lowest BCUT2D eigenvalue weighted by Gasteiger charge is -2.08. The van der Waals surface area contributed by atoms with Crippen LogP contribution in [0.5, 0.6) is 0 Å². The van der Waals surface area contributed by atoms with Crippen LogP contribution in [0.1, 0.15) is 30.0 Å². The largest absolute Gasteiger partial charge is 0.414 e. The normalized spacial score (nSPS) is 12.2. The van der Waals surface area contributed by atoms with E-state index in [1.165, 1.54) is 11.8 Å². The Morgan fingerprint density at radius 1 is 1.43 bits per heavy atom. The first-order valence-corrected chi connectivity index (χ1v) is 7.53. The summed E-state index contributed by atoms with van der Waals surface area (Å²) < 4.78 is 5.32. The van der Waals surface area contributed by atoms with Gasteiger partial charge in [0.25, 0.3) is 5.22 Å². The number of carbonyl (C=O) groups excluding carboxylic acids is 1. The molecule has 0 saturated heterocycles. The lowest BCUT2D eigenvalue weighted by Crippen LogP contribution is -2.14. The number of nitrogens with one attached hydrogen (secondary N) is 1. The van der Waals surface area contributed by atoms with Crippen molar-refractivity contribution in [3.63, 3.8) is 0 Å². The fraction of sp³-hybridized carbons (Fsp3) is 0.357. The van der Waals surface area contributed by atoms with Crippen LogP contribution in [-0.4, -0.2) is 21.9 Å². The summed E-state index contributed by atoms with van der Waals surface area (Å²) in [5.74, 6) is 0.452. The third kappa shape index (κ3) is 4.30. The van der Waals surface area contributed by atoms with Gasteiger partial charge in [0.15, 0.2) is 0 Å². The van der Waals surface area contributed by atoms with Crippen molar-refractivity contribution in [1.29, 1.82) is 0 Å². The lowest BCUT2D eigenvalue weighted by molar-refractivity contribution is -0.113. The molecule has 2 aromatic rings. The molecule has 6 nitrogen and oxygen atoms in total. The summed E-state index contributed by atoms with van der Waals surface area (Å²) in [6.07, 6.45) is 0. The summed E-state index contributed by atoms with van der Waals surface area (Å²) in [6, 6.07) is 5.57. The predicted molar refractivity (Wildman–Crippen MR) is 82.2 cm³/mol. The van der Waals surface area contributed by atoms with Crippen molar-refractivity contribution < 1.29 is 9.21 Å². The molecule has 0 aliphatic carbocycles. The maximum absolute atomic E-state index is 11.9. The quantitative estimate of drug-likeness (QED) is 0.824. The molecule has 1 aromatic carbocycles. The van der Waals surface area contributed by atoms with Gasteiger partial charge >= 0.3 is 0 Å². The van der Waals surface area contributed by atoms with E-state index in [4.69, 9.17) is 10.2 Å². The number of nitrogens with two attached hydrogens (primary N) is 1.